The predicted molar refractivity (Wildman–Crippen MR) is 176 cm³/mol. The molecule has 6 nitrogen and oxygen atoms in total. The van der Waals surface area contributed by atoms with Crippen molar-refractivity contribution in [3.8, 4) is 22.5 Å². The molecule has 6 heteroatoms. The summed E-state index contributed by atoms with van der Waals surface area (Å²) in [4.78, 5) is 41.5. The lowest BCUT2D eigenvalue weighted by molar-refractivity contribution is 0.0537. The maximum atomic E-state index is 14.0. The van der Waals surface area contributed by atoms with Crippen LogP contribution in [0.3, 0.4) is 0 Å². The highest BCUT2D eigenvalue weighted by atomic mass is 16.2. The molecule has 7 rings (SSSR count). The molecule has 3 heterocycles. The van der Waals surface area contributed by atoms with E-state index in [1.807, 2.05) is 94.7 Å². The molecule has 0 radical (unpaired) electrons. The van der Waals surface area contributed by atoms with Gasteiger partial charge in [-0.1, -0.05) is 83.9 Å². The Morgan fingerprint density at radius 1 is 0.523 bits per heavy atom. The molecule has 44 heavy (non-hydrogen) atoms. The number of carbonyl (C=O) groups excluding carboxylic acids is 2. The molecule has 216 valence electrons. The van der Waals surface area contributed by atoms with Crippen LogP contribution in [-0.2, 0) is 0 Å². The molecule has 4 aromatic carbocycles. The van der Waals surface area contributed by atoms with Crippen LogP contribution < -0.4 is 0 Å². The normalized spacial score (nSPS) is 13.4. The van der Waals surface area contributed by atoms with Crippen LogP contribution in [0.2, 0.25) is 0 Å². The molecule has 2 aromatic heterocycles. The van der Waals surface area contributed by atoms with Gasteiger partial charge in [-0.15, -0.1) is 0 Å². The first-order valence-electron chi connectivity index (χ1n) is 15.0. The maximum absolute atomic E-state index is 14.0. The first-order chi connectivity index (χ1) is 21.4. The highest BCUT2D eigenvalue weighted by Gasteiger charge is 2.28. The minimum absolute atomic E-state index is 0.0410. The minimum Gasteiger partial charge on any atom is -0.335 e. The quantitative estimate of drug-likeness (QED) is 0.220. The Hall–Kier alpha value is -5.36. The maximum Gasteiger partial charge on any atom is 0.254 e. The van der Waals surface area contributed by atoms with E-state index in [1.54, 1.807) is 0 Å². The van der Waals surface area contributed by atoms with Crippen LogP contribution in [0.5, 0.6) is 0 Å². The summed E-state index contributed by atoms with van der Waals surface area (Å²) in [5.74, 6) is -0.0820. The number of aryl methyl sites for hydroxylation is 2. The zero-order valence-electron chi connectivity index (χ0n) is 24.8. The van der Waals surface area contributed by atoms with Crippen LogP contribution in [0.25, 0.3) is 44.3 Å². The second-order valence-corrected chi connectivity index (χ2v) is 11.5. The van der Waals surface area contributed by atoms with Crippen molar-refractivity contribution >= 4 is 33.6 Å². The molecule has 0 unspecified atom stereocenters. The van der Waals surface area contributed by atoms with Gasteiger partial charge in [0, 0.05) is 48.1 Å². The number of para-hydroxylation sites is 2. The summed E-state index contributed by atoms with van der Waals surface area (Å²) in [6.45, 7) is 5.91. The fraction of sp³-hybridized carbons (Fsp3) is 0.158. The van der Waals surface area contributed by atoms with E-state index in [2.05, 4.69) is 38.1 Å². The average molecular weight is 577 g/mol. The fourth-order valence-corrected chi connectivity index (χ4v) is 6.06. The van der Waals surface area contributed by atoms with Gasteiger partial charge in [0.25, 0.3) is 11.8 Å². The predicted octanol–water partition coefficient (Wildman–Crippen LogP) is 7.33. The molecule has 0 N–H and O–H groups in total. The van der Waals surface area contributed by atoms with Crippen molar-refractivity contribution in [2.24, 2.45) is 0 Å². The Kier molecular flexibility index (Phi) is 7.10. The average Bonchev–Trinajstić information content (AvgIpc) is 3.06. The molecule has 1 fully saturated rings. The molecule has 1 aliphatic rings. The Morgan fingerprint density at radius 2 is 0.932 bits per heavy atom. The van der Waals surface area contributed by atoms with Crippen molar-refractivity contribution in [2.75, 3.05) is 26.2 Å². The summed E-state index contributed by atoms with van der Waals surface area (Å²) < 4.78 is 0. The molecule has 0 bridgehead atoms. The first-order valence-corrected chi connectivity index (χ1v) is 15.0. The number of hydrogen-bond acceptors (Lipinski definition) is 4. The van der Waals surface area contributed by atoms with Crippen molar-refractivity contribution < 1.29 is 9.59 Å². The van der Waals surface area contributed by atoms with Crippen LogP contribution in [0, 0.1) is 13.8 Å². The molecule has 0 spiro atoms. The lowest BCUT2D eigenvalue weighted by Crippen LogP contribution is -2.50. The van der Waals surface area contributed by atoms with Gasteiger partial charge < -0.3 is 9.80 Å². The van der Waals surface area contributed by atoms with Gasteiger partial charge in [-0.25, -0.2) is 9.97 Å². The Morgan fingerprint density at radius 3 is 1.34 bits per heavy atom. The molecule has 2 amide bonds. The van der Waals surface area contributed by atoms with Gasteiger partial charge in [0.15, 0.2) is 0 Å². The summed E-state index contributed by atoms with van der Waals surface area (Å²) in [7, 11) is 0. The summed E-state index contributed by atoms with van der Waals surface area (Å²) >= 11 is 0. The summed E-state index contributed by atoms with van der Waals surface area (Å²) in [6, 6.07) is 35.7. The smallest absolute Gasteiger partial charge is 0.254 e. The van der Waals surface area contributed by atoms with Gasteiger partial charge >= 0.3 is 0 Å². The van der Waals surface area contributed by atoms with E-state index in [9.17, 15) is 9.59 Å². The second kappa shape index (κ2) is 11.4. The minimum atomic E-state index is -0.0410. The molecule has 0 saturated carbocycles. The Labute approximate surface area is 256 Å². The number of hydrogen-bond donors (Lipinski definition) is 0. The lowest BCUT2D eigenvalue weighted by atomic mass is 10.0. The van der Waals surface area contributed by atoms with Crippen molar-refractivity contribution in [3.63, 3.8) is 0 Å². The van der Waals surface area contributed by atoms with Gasteiger partial charge in [0.2, 0.25) is 0 Å². The number of rotatable bonds is 4. The van der Waals surface area contributed by atoms with E-state index in [1.165, 1.54) is 0 Å². The van der Waals surface area contributed by atoms with E-state index in [0.717, 1.165) is 55.4 Å². The number of pyridine rings is 2. The second-order valence-electron chi connectivity index (χ2n) is 11.5. The highest BCUT2D eigenvalue weighted by Crippen LogP contribution is 2.29. The van der Waals surface area contributed by atoms with Crippen LogP contribution in [0.15, 0.2) is 109 Å². The summed E-state index contributed by atoms with van der Waals surface area (Å²) in [5, 5.41) is 1.67. The Bertz CT molecular complexity index is 1910. The number of carbonyl (C=O) groups is 2. The number of amides is 2. The van der Waals surface area contributed by atoms with E-state index in [-0.39, 0.29) is 11.8 Å². The SMILES string of the molecule is Cc1cccc(-c2cc(C(=O)N3CCN(C(=O)c4cc(-c5cccc(C)c5)nc5ccccc45)CC3)c3ccccc3n2)c1. The van der Waals surface area contributed by atoms with E-state index < -0.39 is 0 Å². The van der Waals surface area contributed by atoms with Gasteiger partial charge in [-0.05, 0) is 50.2 Å². The van der Waals surface area contributed by atoms with Crippen molar-refractivity contribution in [1.82, 2.24) is 19.8 Å². The van der Waals surface area contributed by atoms with Gasteiger partial charge in [-0.3, -0.25) is 9.59 Å². The third kappa shape index (κ3) is 5.20. The monoisotopic (exact) mass is 576 g/mol. The zero-order valence-corrected chi connectivity index (χ0v) is 24.8. The largest absolute Gasteiger partial charge is 0.335 e. The summed E-state index contributed by atoms with van der Waals surface area (Å²) in [6.07, 6.45) is 0. The molecule has 0 atom stereocenters. The number of nitrogens with zero attached hydrogens (tertiary/aromatic N) is 4. The zero-order chi connectivity index (χ0) is 30.2. The number of fused-ring (bicyclic) bond motifs is 2. The van der Waals surface area contributed by atoms with Crippen molar-refractivity contribution in [3.05, 3.63) is 131 Å². The number of piperazine rings is 1. The third-order valence-electron chi connectivity index (χ3n) is 8.37. The fourth-order valence-electron chi connectivity index (χ4n) is 6.06. The standard InChI is InChI=1S/C38H32N4O2/c1-25-9-7-11-27(21-25)35-23-31(29-13-3-5-15-33(29)39-35)37(43)41-17-19-42(20-18-41)38(44)32-24-36(28-12-8-10-26(2)22-28)40-34-16-6-4-14-30(32)34/h3-16,21-24H,17-20H2,1-2H3. The molecule has 0 aliphatic carbocycles. The van der Waals surface area contributed by atoms with Gasteiger partial charge in [0.1, 0.15) is 0 Å². The van der Waals surface area contributed by atoms with Crippen molar-refractivity contribution in [2.45, 2.75) is 13.8 Å². The van der Waals surface area contributed by atoms with E-state index >= 15 is 0 Å². The Balaban J connectivity index is 1.16. The lowest BCUT2D eigenvalue weighted by Gasteiger charge is -2.35. The highest BCUT2D eigenvalue weighted by molar-refractivity contribution is 6.08. The van der Waals surface area contributed by atoms with Crippen LogP contribution in [-0.4, -0.2) is 57.8 Å². The van der Waals surface area contributed by atoms with E-state index in [0.29, 0.717) is 37.3 Å². The third-order valence-corrected chi connectivity index (χ3v) is 8.37. The van der Waals surface area contributed by atoms with Crippen LogP contribution in [0.4, 0.5) is 0 Å². The summed E-state index contributed by atoms with van der Waals surface area (Å²) in [5.41, 5.74) is 8.64. The van der Waals surface area contributed by atoms with Crippen LogP contribution >= 0.6 is 0 Å². The molecule has 6 aromatic rings. The van der Waals surface area contributed by atoms with E-state index in [4.69, 9.17) is 9.97 Å². The number of aromatic nitrogens is 2. The number of benzene rings is 4. The topological polar surface area (TPSA) is 66.4 Å². The molecular formula is C38H32N4O2. The molecule has 1 saturated heterocycles. The first kappa shape index (κ1) is 27.5. The van der Waals surface area contributed by atoms with Gasteiger partial charge in [0.05, 0.1) is 33.5 Å². The van der Waals surface area contributed by atoms with Crippen LogP contribution in [0.1, 0.15) is 31.8 Å². The molecule has 1 aliphatic heterocycles. The van der Waals surface area contributed by atoms with Gasteiger partial charge in [-0.2, -0.15) is 0 Å². The van der Waals surface area contributed by atoms with Crippen molar-refractivity contribution in [1.29, 1.82) is 0 Å². The molecular weight excluding hydrogens is 544 g/mol.